The lowest BCUT2D eigenvalue weighted by atomic mass is 10.1. The van der Waals surface area contributed by atoms with E-state index >= 15 is 0 Å². The van der Waals surface area contributed by atoms with Crippen molar-refractivity contribution in [2.45, 2.75) is 24.9 Å². The quantitative estimate of drug-likeness (QED) is 0.342. The van der Waals surface area contributed by atoms with Gasteiger partial charge in [0.2, 0.25) is 0 Å². The van der Waals surface area contributed by atoms with Crippen molar-refractivity contribution in [1.82, 2.24) is 4.90 Å². The molecule has 2 aromatic carbocycles. The van der Waals surface area contributed by atoms with Crippen molar-refractivity contribution in [3.8, 4) is 0 Å². The van der Waals surface area contributed by atoms with Crippen LogP contribution < -0.4 is 4.31 Å². The number of anilines is 1. The molecule has 0 aliphatic carbocycles. The van der Waals surface area contributed by atoms with Crippen molar-refractivity contribution in [1.29, 1.82) is 0 Å². The molecule has 8 heteroatoms. The van der Waals surface area contributed by atoms with E-state index in [1.54, 1.807) is 77.1 Å². The predicted molar refractivity (Wildman–Crippen MR) is 130 cm³/mol. The summed E-state index contributed by atoms with van der Waals surface area (Å²) in [5, 5.41) is 1.98. The molecule has 0 radical (unpaired) electrons. The first-order valence-corrected chi connectivity index (χ1v) is 12.7. The van der Waals surface area contributed by atoms with Crippen molar-refractivity contribution in [2.24, 2.45) is 0 Å². The fraction of sp³-hybridized carbons (Fsp3) is 0.160. The van der Waals surface area contributed by atoms with Crippen LogP contribution >= 0.6 is 11.3 Å². The number of carbonyl (C=O) groups is 1. The minimum absolute atomic E-state index is 0.157. The van der Waals surface area contributed by atoms with Crippen molar-refractivity contribution in [3.05, 3.63) is 106 Å². The van der Waals surface area contributed by atoms with E-state index in [-0.39, 0.29) is 10.8 Å². The van der Waals surface area contributed by atoms with Gasteiger partial charge in [-0.25, -0.2) is 8.42 Å². The average molecular weight is 481 g/mol. The van der Waals surface area contributed by atoms with E-state index in [1.165, 1.54) is 11.4 Å². The summed E-state index contributed by atoms with van der Waals surface area (Å²) < 4.78 is 32.6. The van der Waals surface area contributed by atoms with Crippen LogP contribution in [0.25, 0.3) is 0 Å². The van der Waals surface area contributed by atoms with Crippen molar-refractivity contribution in [2.75, 3.05) is 11.4 Å². The second-order valence-electron chi connectivity index (χ2n) is 7.65. The standard InChI is InChI=1S/C25H24N2O4S2/c1-19-7-13-24(14-8-19)33(29,30)26(2)21-11-9-20(10-12-21)25(28)27(17-22-5-3-15-31-22)18-23-6-4-16-32-23/h3-16H,17-18H2,1-2H3. The molecule has 170 valence electrons. The number of aryl methyl sites for hydroxylation is 1. The molecular formula is C25H24N2O4S2. The van der Waals surface area contributed by atoms with Crippen LogP contribution in [-0.2, 0) is 23.1 Å². The minimum Gasteiger partial charge on any atom is -0.467 e. The van der Waals surface area contributed by atoms with Gasteiger partial charge < -0.3 is 9.32 Å². The number of rotatable bonds is 8. The molecule has 2 aromatic heterocycles. The van der Waals surface area contributed by atoms with Gasteiger partial charge in [-0.05, 0) is 66.9 Å². The number of thiophene rings is 1. The molecule has 0 spiro atoms. The first-order valence-electron chi connectivity index (χ1n) is 10.3. The van der Waals surface area contributed by atoms with E-state index in [0.717, 1.165) is 10.4 Å². The number of nitrogens with zero attached hydrogens (tertiary/aromatic N) is 2. The van der Waals surface area contributed by atoms with Gasteiger partial charge in [0.1, 0.15) is 5.76 Å². The Kier molecular flexibility index (Phi) is 6.67. The summed E-state index contributed by atoms with van der Waals surface area (Å²) in [5.41, 5.74) is 1.94. The number of carbonyl (C=O) groups excluding carboxylic acids is 1. The molecule has 6 nitrogen and oxygen atoms in total. The Morgan fingerprint density at radius 1 is 0.939 bits per heavy atom. The van der Waals surface area contributed by atoms with Crippen LogP contribution in [0.1, 0.15) is 26.6 Å². The van der Waals surface area contributed by atoms with Crippen molar-refractivity contribution in [3.63, 3.8) is 0 Å². The van der Waals surface area contributed by atoms with Gasteiger partial charge in [0.05, 0.1) is 29.9 Å². The molecule has 0 atom stereocenters. The summed E-state index contributed by atoms with van der Waals surface area (Å²) in [6, 6.07) is 20.9. The third kappa shape index (κ3) is 5.18. The fourth-order valence-electron chi connectivity index (χ4n) is 3.38. The van der Waals surface area contributed by atoms with E-state index in [2.05, 4.69) is 0 Å². The molecule has 0 saturated heterocycles. The topological polar surface area (TPSA) is 70.8 Å². The third-order valence-electron chi connectivity index (χ3n) is 5.30. The van der Waals surface area contributed by atoms with Crippen LogP contribution in [0, 0.1) is 6.92 Å². The zero-order chi connectivity index (χ0) is 23.4. The Morgan fingerprint density at radius 3 is 2.27 bits per heavy atom. The average Bonchev–Trinajstić information content (AvgIpc) is 3.52. The molecule has 4 rings (SSSR count). The third-order valence-corrected chi connectivity index (χ3v) is 7.96. The normalized spacial score (nSPS) is 11.3. The summed E-state index contributed by atoms with van der Waals surface area (Å²) in [5.74, 6) is 0.538. The first-order chi connectivity index (χ1) is 15.8. The van der Waals surface area contributed by atoms with Gasteiger partial charge in [-0.2, -0.15) is 0 Å². The second-order valence-corrected chi connectivity index (χ2v) is 10.7. The summed E-state index contributed by atoms with van der Waals surface area (Å²) >= 11 is 1.59. The van der Waals surface area contributed by atoms with Gasteiger partial charge in [-0.1, -0.05) is 23.8 Å². The van der Waals surface area contributed by atoms with Gasteiger partial charge in [0, 0.05) is 17.5 Å². The monoisotopic (exact) mass is 480 g/mol. The summed E-state index contributed by atoms with van der Waals surface area (Å²) in [4.78, 5) is 16.3. The molecule has 0 fully saturated rings. The summed E-state index contributed by atoms with van der Waals surface area (Å²) in [7, 11) is -2.19. The Morgan fingerprint density at radius 2 is 1.67 bits per heavy atom. The Labute approximate surface area is 197 Å². The van der Waals surface area contributed by atoms with Crippen LogP contribution in [0.3, 0.4) is 0 Å². The Hall–Kier alpha value is -3.36. The van der Waals surface area contributed by atoms with Gasteiger partial charge in [-0.3, -0.25) is 9.10 Å². The number of sulfonamides is 1. The number of amides is 1. The lowest BCUT2D eigenvalue weighted by Gasteiger charge is -2.22. The van der Waals surface area contributed by atoms with Gasteiger partial charge in [0.15, 0.2) is 0 Å². The zero-order valence-electron chi connectivity index (χ0n) is 18.3. The molecule has 0 saturated carbocycles. The molecule has 4 aromatic rings. The molecular weight excluding hydrogens is 456 g/mol. The zero-order valence-corrected chi connectivity index (χ0v) is 20.0. The highest BCUT2D eigenvalue weighted by Crippen LogP contribution is 2.24. The lowest BCUT2D eigenvalue weighted by Crippen LogP contribution is -2.30. The van der Waals surface area contributed by atoms with Crippen LogP contribution in [0.5, 0.6) is 0 Å². The predicted octanol–water partition coefficient (Wildman–Crippen LogP) is 5.32. The SMILES string of the molecule is Cc1ccc(S(=O)(=O)N(C)c2ccc(C(=O)N(Cc3ccco3)Cc3cccs3)cc2)cc1. The number of furan rings is 1. The largest absolute Gasteiger partial charge is 0.467 e. The number of hydrogen-bond acceptors (Lipinski definition) is 5. The highest BCUT2D eigenvalue weighted by molar-refractivity contribution is 7.92. The van der Waals surface area contributed by atoms with Gasteiger partial charge in [0.25, 0.3) is 15.9 Å². The maximum Gasteiger partial charge on any atom is 0.264 e. The Bertz CT molecular complexity index is 1260. The highest BCUT2D eigenvalue weighted by atomic mass is 32.2. The van der Waals surface area contributed by atoms with E-state index in [0.29, 0.717) is 30.1 Å². The van der Waals surface area contributed by atoms with Gasteiger partial charge in [-0.15, -0.1) is 11.3 Å². The maximum absolute atomic E-state index is 13.3. The maximum atomic E-state index is 13.3. The molecule has 0 aliphatic rings. The van der Waals surface area contributed by atoms with Gasteiger partial charge >= 0.3 is 0 Å². The molecule has 0 bridgehead atoms. The van der Waals surface area contributed by atoms with Crippen LogP contribution in [0.4, 0.5) is 5.69 Å². The van der Waals surface area contributed by atoms with E-state index in [4.69, 9.17) is 4.42 Å². The second kappa shape index (κ2) is 9.64. The smallest absolute Gasteiger partial charge is 0.264 e. The molecule has 0 N–H and O–H groups in total. The Balaban J connectivity index is 1.55. The van der Waals surface area contributed by atoms with E-state index < -0.39 is 10.0 Å². The van der Waals surface area contributed by atoms with Crippen molar-refractivity contribution >= 4 is 33.0 Å². The minimum atomic E-state index is -3.70. The molecule has 33 heavy (non-hydrogen) atoms. The van der Waals surface area contributed by atoms with E-state index in [1.807, 2.05) is 30.5 Å². The van der Waals surface area contributed by atoms with Crippen LogP contribution in [0.15, 0.2) is 93.8 Å². The number of benzene rings is 2. The highest BCUT2D eigenvalue weighted by Gasteiger charge is 2.23. The lowest BCUT2D eigenvalue weighted by molar-refractivity contribution is 0.0719. The summed E-state index contributed by atoms with van der Waals surface area (Å²) in [6.07, 6.45) is 1.59. The number of hydrogen-bond donors (Lipinski definition) is 0. The fourth-order valence-corrected chi connectivity index (χ4v) is 5.30. The van der Waals surface area contributed by atoms with Crippen LogP contribution in [-0.4, -0.2) is 26.3 Å². The molecule has 2 heterocycles. The van der Waals surface area contributed by atoms with Crippen LogP contribution in [0.2, 0.25) is 0 Å². The molecule has 0 unspecified atom stereocenters. The summed E-state index contributed by atoms with van der Waals surface area (Å²) in [6.45, 7) is 2.71. The molecule has 0 aliphatic heterocycles. The molecule has 1 amide bonds. The first kappa shape index (κ1) is 22.8. The van der Waals surface area contributed by atoms with Crippen molar-refractivity contribution < 1.29 is 17.6 Å². The van der Waals surface area contributed by atoms with E-state index in [9.17, 15) is 13.2 Å².